The summed E-state index contributed by atoms with van der Waals surface area (Å²) in [5, 5.41) is 16.8. The van der Waals surface area contributed by atoms with E-state index in [4.69, 9.17) is 0 Å². The molecule has 2 amide bonds. The molecule has 8 nitrogen and oxygen atoms in total. The second kappa shape index (κ2) is 8.79. The number of nitrogens with one attached hydrogen (secondary N) is 2. The van der Waals surface area contributed by atoms with Crippen molar-refractivity contribution in [3.05, 3.63) is 62.6 Å². The van der Waals surface area contributed by atoms with E-state index in [2.05, 4.69) is 10.6 Å². The van der Waals surface area contributed by atoms with Gasteiger partial charge in [-0.05, 0) is 25.7 Å². The molecule has 4 heterocycles. The summed E-state index contributed by atoms with van der Waals surface area (Å²) in [6.07, 6.45) is 3.77. The minimum atomic E-state index is -0.950. The van der Waals surface area contributed by atoms with Gasteiger partial charge in [-0.1, -0.05) is 0 Å². The SMILES string of the molecule is CCN1C(=O)c2c(O)c(=O)c(C(=O)NCc3cc(C4C[I-]4)c(F)cc3F)cn2[C@H]2CCC3CC3N[C@H]21. The number of likely N-dealkylation sites (N-methyl/N-ethyl adjacent to an activating group) is 1. The van der Waals surface area contributed by atoms with Crippen LogP contribution in [-0.2, 0) is 6.54 Å². The molecule has 3 unspecified atom stereocenters. The zero-order valence-electron chi connectivity index (χ0n) is 19.6. The fourth-order valence-electron chi connectivity index (χ4n) is 5.56. The second-order valence-electron chi connectivity index (χ2n) is 9.85. The number of amides is 2. The van der Waals surface area contributed by atoms with Crippen LogP contribution in [0.25, 0.3) is 0 Å². The first-order valence-electron chi connectivity index (χ1n) is 12.2. The minimum absolute atomic E-state index is 0.0923. The van der Waals surface area contributed by atoms with Crippen molar-refractivity contribution in [2.24, 2.45) is 5.92 Å². The first kappa shape index (κ1) is 23.8. The molecular weight excluding hydrogens is 585 g/mol. The Labute approximate surface area is 216 Å². The number of carbonyl (C=O) groups is 2. The first-order chi connectivity index (χ1) is 17.3. The Hall–Kier alpha value is -2.54. The van der Waals surface area contributed by atoms with E-state index in [0.29, 0.717) is 24.1 Å². The topological polar surface area (TPSA) is 104 Å². The average molecular weight is 611 g/mol. The van der Waals surface area contributed by atoms with Gasteiger partial charge in [-0.15, -0.1) is 0 Å². The van der Waals surface area contributed by atoms with E-state index < -0.39 is 34.6 Å². The Morgan fingerprint density at radius 3 is 2.75 bits per heavy atom. The fraction of sp³-hybridized carbons (Fsp3) is 0.480. The van der Waals surface area contributed by atoms with Gasteiger partial charge in [0.1, 0.15) is 0 Å². The number of hydrogen-bond donors (Lipinski definition) is 3. The number of benzene rings is 1. The summed E-state index contributed by atoms with van der Waals surface area (Å²) in [6.45, 7) is 2.03. The molecule has 3 N–H and O–H groups in total. The quantitative estimate of drug-likeness (QED) is 0.298. The van der Waals surface area contributed by atoms with Gasteiger partial charge in [-0.2, -0.15) is 0 Å². The zero-order chi connectivity index (χ0) is 25.3. The van der Waals surface area contributed by atoms with Crippen LogP contribution in [0.4, 0.5) is 8.78 Å². The predicted octanol–water partition coefficient (Wildman–Crippen LogP) is -0.979. The van der Waals surface area contributed by atoms with Gasteiger partial charge in [-0.3, -0.25) is 10.1 Å². The number of aromatic hydroxyl groups is 1. The number of hydrogen-bond acceptors (Lipinski definition) is 5. The van der Waals surface area contributed by atoms with Crippen LogP contribution in [0, 0.1) is 17.6 Å². The van der Waals surface area contributed by atoms with E-state index in [1.165, 1.54) is 12.3 Å². The Morgan fingerprint density at radius 2 is 2.03 bits per heavy atom. The molecular formula is C25H26F2IN4O4-. The van der Waals surface area contributed by atoms with Gasteiger partial charge in [0.15, 0.2) is 0 Å². The molecule has 192 valence electrons. The second-order valence-corrected chi connectivity index (χ2v) is 13.1. The molecule has 36 heavy (non-hydrogen) atoms. The van der Waals surface area contributed by atoms with Crippen molar-refractivity contribution in [3.63, 3.8) is 0 Å². The van der Waals surface area contributed by atoms with Crippen LogP contribution in [-0.4, -0.2) is 49.6 Å². The van der Waals surface area contributed by atoms with E-state index >= 15 is 0 Å². The predicted molar refractivity (Wildman–Crippen MR) is 121 cm³/mol. The van der Waals surface area contributed by atoms with Crippen LogP contribution >= 0.6 is 0 Å². The molecule has 0 spiro atoms. The van der Waals surface area contributed by atoms with Gasteiger partial charge >= 0.3 is 163 Å². The molecule has 3 aliphatic heterocycles. The number of fused-ring (bicyclic) bond motifs is 4. The number of aromatic nitrogens is 1. The molecule has 2 saturated heterocycles. The first-order valence-corrected chi connectivity index (χ1v) is 14.9. The standard InChI is InChI=1S/C25H26F2IN4O4/c1-2-31-23-19(4-3-11-6-18(11)30-23)32-10-14(21(33)22(34)20(32)25(31)36)24(35)29-9-12-5-13(17-8-28-17)16(27)7-15(12)26/h5,7,10-11,17-19,23,30,34H,2-4,6,8-9H2,1H3,(H,29,35)/q-1/t11?,17?,18?,19-,23-/m0/s1. The van der Waals surface area contributed by atoms with Crippen LogP contribution in [0.2, 0.25) is 0 Å². The van der Waals surface area contributed by atoms with Crippen LogP contribution in [0.15, 0.2) is 23.1 Å². The van der Waals surface area contributed by atoms with Crippen molar-refractivity contribution in [2.75, 3.05) is 11.0 Å². The summed E-state index contributed by atoms with van der Waals surface area (Å²) in [7, 11) is 0. The van der Waals surface area contributed by atoms with E-state index in [0.717, 1.165) is 29.8 Å². The number of pyridine rings is 1. The summed E-state index contributed by atoms with van der Waals surface area (Å²) in [6, 6.07) is 2.38. The summed E-state index contributed by atoms with van der Waals surface area (Å²) >= 11 is -0.0923. The van der Waals surface area contributed by atoms with Crippen molar-refractivity contribution >= 4 is 11.8 Å². The van der Waals surface area contributed by atoms with Gasteiger partial charge < -0.3 is 4.90 Å². The van der Waals surface area contributed by atoms with Crippen molar-refractivity contribution in [2.45, 2.75) is 54.9 Å². The molecule has 0 radical (unpaired) electrons. The van der Waals surface area contributed by atoms with Gasteiger partial charge in [0, 0.05) is 12.6 Å². The number of nitrogens with zero attached hydrogens (tertiary/aromatic N) is 2. The molecule has 5 atom stereocenters. The maximum absolute atomic E-state index is 14.4. The molecule has 1 aliphatic carbocycles. The number of halogens is 3. The number of rotatable bonds is 5. The Morgan fingerprint density at radius 1 is 1.25 bits per heavy atom. The Kier molecular flexibility index (Phi) is 5.82. The summed E-state index contributed by atoms with van der Waals surface area (Å²) < 4.78 is 31.2. The third kappa shape index (κ3) is 3.90. The van der Waals surface area contributed by atoms with Gasteiger partial charge in [-0.25, -0.2) is 0 Å². The van der Waals surface area contributed by atoms with Crippen LogP contribution in [0.1, 0.15) is 68.1 Å². The summed E-state index contributed by atoms with van der Waals surface area (Å²) in [4.78, 5) is 40.9. The van der Waals surface area contributed by atoms with E-state index in [-0.39, 0.29) is 60.7 Å². The molecule has 11 heteroatoms. The van der Waals surface area contributed by atoms with E-state index in [1.54, 1.807) is 9.47 Å². The minimum Gasteiger partial charge on any atom is -0.292 e. The monoisotopic (exact) mass is 611 g/mol. The van der Waals surface area contributed by atoms with Crippen LogP contribution in [0.3, 0.4) is 0 Å². The Balaban J connectivity index is 1.32. The summed E-state index contributed by atoms with van der Waals surface area (Å²) in [5.74, 6) is -2.81. The molecule has 1 aromatic heterocycles. The van der Waals surface area contributed by atoms with Crippen molar-refractivity contribution in [1.29, 1.82) is 0 Å². The fourth-order valence-corrected chi connectivity index (χ4v) is 7.24. The smallest absolute Gasteiger partial charge is 0.292 e. The zero-order valence-corrected chi connectivity index (χ0v) is 21.7. The van der Waals surface area contributed by atoms with E-state index in [1.807, 2.05) is 6.92 Å². The van der Waals surface area contributed by atoms with Gasteiger partial charge in [0.05, 0.1) is 0 Å². The van der Waals surface area contributed by atoms with Crippen molar-refractivity contribution in [1.82, 2.24) is 20.1 Å². The molecule has 3 fully saturated rings. The number of alkyl halides is 2. The molecule has 6 rings (SSSR count). The molecule has 2 aromatic rings. The average Bonchev–Trinajstić information content (AvgIpc) is 3.74. The van der Waals surface area contributed by atoms with Crippen molar-refractivity contribution < 1.29 is 44.7 Å². The van der Waals surface area contributed by atoms with Crippen molar-refractivity contribution in [3.8, 4) is 5.75 Å². The number of carbonyl (C=O) groups excluding carboxylic acids is 2. The molecule has 1 aromatic carbocycles. The normalized spacial score (nSPS) is 28.2. The molecule has 1 saturated carbocycles. The Bertz CT molecular complexity index is 1340. The molecule has 4 aliphatic rings. The van der Waals surface area contributed by atoms with Gasteiger partial charge in [0.25, 0.3) is 0 Å². The molecule has 0 bridgehead atoms. The van der Waals surface area contributed by atoms with Gasteiger partial charge in [0.2, 0.25) is 0 Å². The third-order valence-corrected chi connectivity index (χ3v) is 10.1. The van der Waals surface area contributed by atoms with E-state index in [9.17, 15) is 28.3 Å². The maximum atomic E-state index is 14.4. The van der Waals surface area contributed by atoms with Crippen LogP contribution < -0.4 is 37.3 Å². The summed E-state index contributed by atoms with van der Waals surface area (Å²) in [5.41, 5.74) is -0.770. The third-order valence-electron chi connectivity index (χ3n) is 7.71. The van der Waals surface area contributed by atoms with Crippen LogP contribution in [0.5, 0.6) is 5.75 Å².